The molecule has 29 heavy (non-hydrogen) atoms. The molecular weight excluding hydrogens is 391 g/mol. The van der Waals surface area contributed by atoms with Crippen LogP contribution < -0.4 is 9.21 Å². The zero-order valence-corrected chi connectivity index (χ0v) is 16.6. The van der Waals surface area contributed by atoms with E-state index >= 15 is 0 Å². The van der Waals surface area contributed by atoms with Gasteiger partial charge in [-0.1, -0.05) is 36.4 Å². The lowest BCUT2D eigenvalue weighted by Gasteiger charge is -2.21. The van der Waals surface area contributed by atoms with Crippen LogP contribution in [0.2, 0.25) is 0 Å². The molecule has 0 saturated carbocycles. The van der Waals surface area contributed by atoms with E-state index in [9.17, 15) is 17.6 Å². The molecule has 7 heteroatoms. The normalized spacial score (nSPS) is 13.2. The minimum absolute atomic E-state index is 0.0577. The van der Waals surface area contributed by atoms with Gasteiger partial charge in [0.1, 0.15) is 5.82 Å². The zero-order valence-electron chi connectivity index (χ0n) is 15.7. The number of hydrogen-bond acceptors (Lipinski definition) is 3. The molecule has 0 radical (unpaired) electrons. The number of benzene rings is 3. The Hall–Kier alpha value is -3.19. The molecule has 0 N–H and O–H groups in total. The van der Waals surface area contributed by atoms with Crippen LogP contribution >= 0.6 is 0 Å². The molecule has 3 aromatic rings. The molecule has 148 valence electrons. The van der Waals surface area contributed by atoms with Crippen molar-refractivity contribution < 1.29 is 17.6 Å². The van der Waals surface area contributed by atoms with Gasteiger partial charge in [0.05, 0.1) is 10.6 Å². The van der Waals surface area contributed by atoms with Gasteiger partial charge in [-0.05, 0) is 48.4 Å². The lowest BCUT2D eigenvalue weighted by molar-refractivity contribution is 0.0989. The molecule has 0 bridgehead atoms. The second-order valence-corrected chi connectivity index (χ2v) is 8.76. The van der Waals surface area contributed by atoms with E-state index in [0.717, 1.165) is 22.0 Å². The summed E-state index contributed by atoms with van der Waals surface area (Å²) in [6.07, 6.45) is 0.760. The van der Waals surface area contributed by atoms with Crippen LogP contribution in [-0.2, 0) is 16.4 Å². The van der Waals surface area contributed by atoms with Crippen molar-refractivity contribution >= 4 is 27.3 Å². The van der Waals surface area contributed by atoms with E-state index in [1.807, 2.05) is 24.3 Å². The number of hydrogen-bond donors (Lipinski definition) is 0. The third-order valence-corrected chi connectivity index (χ3v) is 6.83. The number of carbonyl (C=O) groups is 1. The summed E-state index contributed by atoms with van der Waals surface area (Å²) in [5.74, 6) is -0.903. The summed E-state index contributed by atoms with van der Waals surface area (Å²) in [5.41, 5.74) is 2.14. The Kier molecular flexibility index (Phi) is 4.84. The minimum Gasteiger partial charge on any atom is -0.308 e. The molecule has 0 aliphatic carbocycles. The van der Waals surface area contributed by atoms with Gasteiger partial charge in [-0.15, -0.1) is 0 Å². The number of rotatable bonds is 4. The Labute approximate surface area is 169 Å². The summed E-state index contributed by atoms with van der Waals surface area (Å²) in [5, 5.41) is 0. The molecule has 0 aromatic heterocycles. The predicted molar refractivity (Wildman–Crippen MR) is 110 cm³/mol. The first kappa shape index (κ1) is 19.1. The maximum absolute atomic E-state index is 14.1. The maximum atomic E-state index is 14.1. The second kappa shape index (κ2) is 7.33. The van der Waals surface area contributed by atoms with Crippen LogP contribution in [0.15, 0.2) is 77.7 Å². The summed E-state index contributed by atoms with van der Waals surface area (Å²) in [6.45, 7) is 0.546. The first-order valence-corrected chi connectivity index (χ1v) is 10.6. The molecule has 4 rings (SSSR count). The number of amides is 1. The van der Waals surface area contributed by atoms with Gasteiger partial charge >= 0.3 is 0 Å². The van der Waals surface area contributed by atoms with E-state index in [1.54, 1.807) is 17.0 Å². The number of nitrogens with zero attached hydrogens (tertiary/aromatic N) is 2. The minimum atomic E-state index is -4.03. The second-order valence-electron chi connectivity index (χ2n) is 6.79. The van der Waals surface area contributed by atoms with Crippen molar-refractivity contribution in [3.63, 3.8) is 0 Å². The topological polar surface area (TPSA) is 57.7 Å². The van der Waals surface area contributed by atoms with Gasteiger partial charge in [-0.25, -0.2) is 12.8 Å². The lowest BCUT2D eigenvalue weighted by atomic mass is 10.1. The van der Waals surface area contributed by atoms with E-state index in [1.165, 1.54) is 43.4 Å². The number of carbonyl (C=O) groups excluding carboxylic acids is 1. The molecule has 1 aliphatic heterocycles. The molecule has 1 amide bonds. The number of sulfonamides is 1. The fourth-order valence-electron chi connectivity index (χ4n) is 3.49. The van der Waals surface area contributed by atoms with Crippen LogP contribution in [0.5, 0.6) is 0 Å². The quantitative estimate of drug-likeness (QED) is 0.656. The third-order valence-electron chi connectivity index (χ3n) is 5.06. The lowest BCUT2D eigenvalue weighted by Crippen LogP contribution is -2.30. The fourth-order valence-corrected chi connectivity index (χ4v) is 4.74. The smallest absolute Gasteiger partial charge is 0.264 e. The zero-order chi connectivity index (χ0) is 20.6. The van der Waals surface area contributed by atoms with Gasteiger partial charge in [0.15, 0.2) is 0 Å². The van der Waals surface area contributed by atoms with Gasteiger partial charge in [0.25, 0.3) is 15.9 Å². The van der Waals surface area contributed by atoms with Crippen molar-refractivity contribution in [2.24, 2.45) is 0 Å². The summed E-state index contributed by atoms with van der Waals surface area (Å²) in [7, 11) is -2.74. The van der Waals surface area contributed by atoms with Crippen LogP contribution in [0.3, 0.4) is 0 Å². The van der Waals surface area contributed by atoms with Crippen molar-refractivity contribution in [1.82, 2.24) is 0 Å². The monoisotopic (exact) mass is 410 g/mol. The van der Waals surface area contributed by atoms with Gasteiger partial charge in [0, 0.05) is 24.8 Å². The predicted octanol–water partition coefficient (Wildman–Crippen LogP) is 3.85. The van der Waals surface area contributed by atoms with E-state index in [0.29, 0.717) is 6.54 Å². The number of para-hydroxylation sites is 2. The maximum Gasteiger partial charge on any atom is 0.264 e. The van der Waals surface area contributed by atoms with Gasteiger partial charge < -0.3 is 4.90 Å². The molecule has 1 aliphatic rings. The molecule has 5 nitrogen and oxygen atoms in total. The standard InChI is InChI=1S/C22H19FN2O3S/c1-24(21-12-5-3-10-19(21)23)29(27,28)18-9-6-8-17(15-18)22(26)25-14-13-16-7-2-4-11-20(16)25/h2-12,15H,13-14H2,1H3. The van der Waals surface area contributed by atoms with Crippen molar-refractivity contribution in [3.05, 3.63) is 89.7 Å². The van der Waals surface area contributed by atoms with E-state index in [2.05, 4.69) is 0 Å². The van der Waals surface area contributed by atoms with Gasteiger partial charge in [0.2, 0.25) is 0 Å². The van der Waals surface area contributed by atoms with E-state index in [-0.39, 0.29) is 22.1 Å². The fraction of sp³-hybridized carbons (Fsp3) is 0.136. The van der Waals surface area contributed by atoms with E-state index < -0.39 is 15.8 Å². The summed E-state index contributed by atoms with van der Waals surface area (Å²) in [6, 6.07) is 19.2. The SMILES string of the molecule is CN(c1ccccc1F)S(=O)(=O)c1cccc(C(=O)N2CCc3ccccc32)c1. The highest BCUT2D eigenvalue weighted by Crippen LogP contribution is 2.30. The van der Waals surface area contributed by atoms with Crippen LogP contribution in [0.4, 0.5) is 15.8 Å². The molecule has 0 unspecified atom stereocenters. The number of fused-ring (bicyclic) bond motifs is 1. The highest BCUT2D eigenvalue weighted by Gasteiger charge is 2.28. The first-order valence-electron chi connectivity index (χ1n) is 9.13. The number of anilines is 2. The van der Waals surface area contributed by atoms with Crippen molar-refractivity contribution in [2.75, 3.05) is 22.8 Å². The first-order chi connectivity index (χ1) is 13.9. The number of halogens is 1. The van der Waals surface area contributed by atoms with Crippen LogP contribution in [-0.4, -0.2) is 27.9 Å². The summed E-state index contributed by atoms with van der Waals surface area (Å²) >= 11 is 0. The molecule has 0 atom stereocenters. The average Bonchev–Trinajstić information content (AvgIpc) is 3.17. The van der Waals surface area contributed by atoms with Crippen molar-refractivity contribution in [2.45, 2.75) is 11.3 Å². The van der Waals surface area contributed by atoms with Gasteiger partial charge in [-0.2, -0.15) is 0 Å². The van der Waals surface area contributed by atoms with Crippen molar-refractivity contribution in [1.29, 1.82) is 0 Å². The Morgan fingerprint density at radius 2 is 1.72 bits per heavy atom. The summed E-state index contributed by atoms with van der Waals surface area (Å²) in [4.78, 5) is 14.6. The van der Waals surface area contributed by atoms with Crippen LogP contribution in [0, 0.1) is 5.82 Å². The van der Waals surface area contributed by atoms with E-state index in [4.69, 9.17) is 0 Å². The highest BCUT2D eigenvalue weighted by molar-refractivity contribution is 7.92. The van der Waals surface area contributed by atoms with Gasteiger partial charge in [-0.3, -0.25) is 9.10 Å². The molecular formula is C22H19FN2O3S. The van der Waals surface area contributed by atoms with Crippen LogP contribution in [0.1, 0.15) is 15.9 Å². The Morgan fingerprint density at radius 1 is 1.00 bits per heavy atom. The molecule has 1 heterocycles. The van der Waals surface area contributed by atoms with Crippen LogP contribution in [0.25, 0.3) is 0 Å². The Morgan fingerprint density at radius 3 is 2.52 bits per heavy atom. The average molecular weight is 410 g/mol. The molecule has 0 saturated heterocycles. The Balaban J connectivity index is 1.67. The Bertz CT molecular complexity index is 1190. The largest absolute Gasteiger partial charge is 0.308 e. The summed E-state index contributed by atoms with van der Waals surface area (Å²) < 4.78 is 41.0. The molecule has 0 spiro atoms. The van der Waals surface area contributed by atoms with Crippen molar-refractivity contribution in [3.8, 4) is 0 Å². The highest BCUT2D eigenvalue weighted by atomic mass is 32.2. The third kappa shape index (κ3) is 3.38. The molecule has 3 aromatic carbocycles. The molecule has 0 fully saturated rings.